The van der Waals surface area contributed by atoms with Gasteiger partial charge in [0.25, 0.3) is 0 Å². The van der Waals surface area contributed by atoms with Gasteiger partial charge in [0.2, 0.25) is 0 Å². The molecule has 25 heavy (non-hydrogen) atoms. The van der Waals surface area contributed by atoms with Crippen molar-refractivity contribution in [2.24, 2.45) is 0 Å². The smallest absolute Gasteiger partial charge is 0.0702 e. The van der Waals surface area contributed by atoms with E-state index in [1.54, 1.807) is 0 Å². The highest BCUT2D eigenvalue weighted by atomic mass is 15.3. The number of hydrogen-bond donors (Lipinski definition) is 0. The number of fused-ring (bicyclic) bond motifs is 1. The van der Waals surface area contributed by atoms with Crippen molar-refractivity contribution in [3.8, 4) is 0 Å². The molecular weight excluding hydrogens is 306 g/mol. The molecule has 2 heterocycles. The van der Waals surface area contributed by atoms with Crippen molar-refractivity contribution in [1.82, 2.24) is 9.88 Å². The van der Waals surface area contributed by atoms with Crippen LogP contribution in [0.4, 0.5) is 5.69 Å². The van der Waals surface area contributed by atoms with E-state index in [-0.39, 0.29) is 0 Å². The second-order valence-corrected chi connectivity index (χ2v) is 7.15. The Morgan fingerprint density at radius 2 is 1.92 bits per heavy atom. The van der Waals surface area contributed by atoms with Gasteiger partial charge in [0.05, 0.1) is 5.52 Å². The van der Waals surface area contributed by atoms with Gasteiger partial charge < -0.3 is 4.90 Å². The number of nitrogens with zero attached hydrogens (tertiary/aromatic N) is 3. The highest BCUT2D eigenvalue weighted by Gasteiger charge is 2.24. The van der Waals surface area contributed by atoms with Crippen molar-refractivity contribution in [3.05, 3.63) is 71.9 Å². The molecular formula is C22H25N3. The quantitative estimate of drug-likeness (QED) is 0.715. The van der Waals surface area contributed by atoms with Crippen LogP contribution in [0.1, 0.15) is 18.1 Å². The Morgan fingerprint density at radius 1 is 1.04 bits per heavy atom. The van der Waals surface area contributed by atoms with Crippen LogP contribution in [-0.2, 0) is 6.54 Å². The van der Waals surface area contributed by atoms with Gasteiger partial charge in [-0.15, -0.1) is 0 Å². The number of anilines is 1. The molecule has 1 aliphatic rings. The second kappa shape index (κ2) is 6.85. The van der Waals surface area contributed by atoms with Crippen LogP contribution in [0.25, 0.3) is 10.9 Å². The minimum absolute atomic E-state index is 0.518. The first kappa shape index (κ1) is 16.1. The third kappa shape index (κ3) is 3.52. The average molecular weight is 331 g/mol. The molecule has 128 valence electrons. The summed E-state index contributed by atoms with van der Waals surface area (Å²) in [7, 11) is 0. The van der Waals surface area contributed by atoms with Gasteiger partial charge in [0.1, 0.15) is 0 Å². The molecule has 1 unspecified atom stereocenters. The fourth-order valence-electron chi connectivity index (χ4n) is 3.83. The number of para-hydroxylation sites is 1. The van der Waals surface area contributed by atoms with Crippen LogP contribution in [0.15, 0.2) is 60.8 Å². The van der Waals surface area contributed by atoms with E-state index in [9.17, 15) is 0 Å². The van der Waals surface area contributed by atoms with Crippen LogP contribution < -0.4 is 4.90 Å². The Bertz CT molecular complexity index is 874. The summed E-state index contributed by atoms with van der Waals surface area (Å²) in [4.78, 5) is 9.68. The Hall–Kier alpha value is -2.39. The van der Waals surface area contributed by atoms with Crippen molar-refractivity contribution in [2.75, 3.05) is 24.5 Å². The predicted molar refractivity (Wildman–Crippen MR) is 105 cm³/mol. The first-order valence-corrected chi connectivity index (χ1v) is 9.08. The van der Waals surface area contributed by atoms with Gasteiger partial charge in [-0.1, -0.05) is 30.3 Å². The van der Waals surface area contributed by atoms with Crippen LogP contribution in [-0.4, -0.2) is 35.6 Å². The molecule has 4 rings (SSSR count). The maximum atomic E-state index is 4.60. The van der Waals surface area contributed by atoms with Crippen molar-refractivity contribution in [2.45, 2.75) is 26.4 Å². The summed E-state index contributed by atoms with van der Waals surface area (Å²) < 4.78 is 0. The van der Waals surface area contributed by atoms with E-state index >= 15 is 0 Å². The van der Waals surface area contributed by atoms with Crippen LogP contribution in [0.5, 0.6) is 0 Å². The Kier molecular flexibility index (Phi) is 4.41. The number of hydrogen-bond acceptors (Lipinski definition) is 3. The lowest BCUT2D eigenvalue weighted by Crippen LogP contribution is -2.51. The zero-order valence-electron chi connectivity index (χ0n) is 15.0. The van der Waals surface area contributed by atoms with Crippen molar-refractivity contribution < 1.29 is 0 Å². The van der Waals surface area contributed by atoms with Gasteiger partial charge in [0.15, 0.2) is 0 Å². The summed E-state index contributed by atoms with van der Waals surface area (Å²) in [5.74, 6) is 0. The number of rotatable bonds is 3. The zero-order valence-corrected chi connectivity index (χ0v) is 15.0. The molecule has 1 fully saturated rings. The number of aryl methyl sites for hydroxylation is 1. The summed E-state index contributed by atoms with van der Waals surface area (Å²) in [6.45, 7) is 8.71. The van der Waals surface area contributed by atoms with Crippen LogP contribution in [0.2, 0.25) is 0 Å². The van der Waals surface area contributed by atoms with Crippen LogP contribution in [0.3, 0.4) is 0 Å². The standard InChI is InChI=1S/C22H25N3/c1-17-6-5-8-21(12-17)25-11-10-24(15-18(25)2)16-19-13-20-7-3-4-9-22(20)23-14-19/h3-9,12-14,18H,10-11,15-16H2,1-2H3. The Balaban J connectivity index is 1.45. The zero-order chi connectivity index (χ0) is 17.2. The largest absolute Gasteiger partial charge is 0.366 e. The molecule has 1 saturated heterocycles. The van der Waals surface area contributed by atoms with E-state index in [0.29, 0.717) is 6.04 Å². The first-order chi connectivity index (χ1) is 12.2. The minimum atomic E-state index is 0.518. The first-order valence-electron chi connectivity index (χ1n) is 9.08. The maximum Gasteiger partial charge on any atom is 0.0702 e. The Morgan fingerprint density at radius 3 is 2.76 bits per heavy atom. The lowest BCUT2D eigenvalue weighted by molar-refractivity contribution is 0.221. The molecule has 2 aromatic carbocycles. The summed E-state index contributed by atoms with van der Waals surface area (Å²) in [5.41, 5.74) is 5.05. The summed E-state index contributed by atoms with van der Waals surface area (Å²) in [5, 5.41) is 1.23. The molecule has 1 aromatic heterocycles. The van der Waals surface area contributed by atoms with Gasteiger partial charge >= 0.3 is 0 Å². The van der Waals surface area contributed by atoms with Gasteiger partial charge in [-0.25, -0.2) is 0 Å². The molecule has 0 radical (unpaired) electrons. The van der Waals surface area contributed by atoms with E-state index in [1.165, 1.54) is 22.2 Å². The molecule has 0 saturated carbocycles. The molecule has 0 amide bonds. The van der Waals surface area contributed by atoms with Crippen molar-refractivity contribution in [3.63, 3.8) is 0 Å². The molecule has 0 bridgehead atoms. The molecule has 1 atom stereocenters. The van der Waals surface area contributed by atoms with Gasteiger partial charge in [0, 0.05) is 49.5 Å². The summed E-state index contributed by atoms with van der Waals surface area (Å²) in [6, 6.07) is 20.0. The summed E-state index contributed by atoms with van der Waals surface area (Å²) in [6.07, 6.45) is 2.03. The molecule has 3 aromatic rings. The second-order valence-electron chi connectivity index (χ2n) is 7.15. The molecule has 1 aliphatic heterocycles. The molecule has 0 aliphatic carbocycles. The summed E-state index contributed by atoms with van der Waals surface area (Å²) >= 11 is 0. The fourth-order valence-corrected chi connectivity index (χ4v) is 3.83. The van der Waals surface area contributed by atoms with Crippen molar-refractivity contribution in [1.29, 1.82) is 0 Å². The number of piperazine rings is 1. The maximum absolute atomic E-state index is 4.60. The highest BCUT2D eigenvalue weighted by molar-refractivity contribution is 5.78. The molecule has 3 heteroatoms. The van der Waals surface area contributed by atoms with Gasteiger partial charge in [-0.05, 0) is 49.2 Å². The van der Waals surface area contributed by atoms with E-state index in [4.69, 9.17) is 0 Å². The lowest BCUT2D eigenvalue weighted by atomic mass is 10.1. The third-order valence-corrected chi connectivity index (χ3v) is 5.10. The van der Waals surface area contributed by atoms with Crippen molar-refractivity contribution >= 4 is 16.6 Å². The van der Waals surface area contributed by atoms with E-state index < -0.39 is 0 Å². The van der Waals surface area contributed by atoms with E-state index in [0.717, 1.165) is 31.7 Å². The normalized spacial score (nSPS) is 18.6. The highest BCUT2D eigenvalue weighted by Crippen LogP contribution is 2.23. The van der Waals surface area contributed by atoms with E-state index in [2.05, 4.69) is 77.2 Å². The minimum Gasteiger partial charge on any atom is -0.366 e. The molecule has 3 nitrogen and oxygen atoms in total. The fraction of sp³-hybridized carbons (Fsp3) is 0.318. The van der Waals surface area contributed by atoms with E-state index in [1.807, 2.05) is 12.3 Å². The number of pyridine rings is 1. The Labute approximate surface area is 149 Å². The van der Waals surface area contributed by atoms with Crippen LogP contribution >= 0.6 is 0 Å². The van der Waals surface area contributed by atoms with Crippen LogP contribution in [0, 0.1) is 6.92 Å². The lowest BCUT2D eigenvalue weighted by Gasteiger charge is -2.41. The topological polar surface area (TPSA) is 19.4 Å². The van der Waals surface area contributed by atoms with Gasteiger partial charge in [-0.3, -0.25) is 9.88 Å². The predicted octanol–water partition coefficient (Wildman–Crippen LogP) is 4.25. The number of aromatic nitrogens is 1. The number of benzene rings is 2. The molecule has 0 spiro atoms. The average Bonchev–Trinajstić information content (AvgIpc) is 2.62. The SMILES string of the molecule is Cc1cccc(N2CCN(Cc3cnc4ccccc4c3)CC2C)c1. The monoisotopic (exact) mass is 331 g/mol. The molecule has 0 N–H and O–H groups in total. The third-order valence-electron chi connectivity index (χ3n) is 5.10. The van der Waals surface area contributed by atoms with Gasteiger partial charge in [-0.2, -0.15) is 0 Å².